The molecule has 0 heterocycles. The van der Waals surface area contributed by atoms with Crippen LogP contribution in [-0.4, -0.2) is 27.4 Å². The van der Waals surface area contributed by atoms with Gasteiger partial charge in [-0.1, -0.05) is 38.0 Å². The highest BCUT2D eigenvalue weighted by molar-refractivity contribution is 7.89. The van der Waals surface area contributed by atoms with E-state index in [2.05, 4.69) is 17.0 Å². The van der Waals surface area contributed by atoms with Gasteiger partial charge in [-0.2, -0.15) is 0 Å². The van der Waals surface area contributed by atoms with Crippen molar-refractivity contribution in [2.24, 2.45) is 0 Å². The second-order valence-electron chi connectivity index (χ2n) is 4.52. The van der Waals surface area contributed by atoms with Gasteiger partial charge in [0.05, 0.1) is 4.90 Å². The van der Waals surface area contributed by atoms with E-state index in [0.717, 1.165) is 19.3 Å². The van der Waals surface area contributed by atoms with Crippen LogP contribution in [0.15, 0.2) is 35.2 Å². The first-order chi connectivity index (χ1) is 9.56. The summed E-state index contributed by atoms with van der Waals surface area (Å²) in [6.07, 6.45) is 3.48. The molecule has 0 saturated heterocycles. The van der Waals surface area contributed by atoms with Gasteiger partial charge in [0.2, 0.25) is 15.9 Å². The SMILES string of the molecule is CCCCCC(=O)NCCNS(=O)(=O)c1ccccc1. The average Bonchev–Trinajstić information content (AvgIpc) is 2.45. The van der Waals surface area contributed by atoms with E-state index in [1.807, 2.05) is 0 Å². The molecule has 112 valence electrons. The minimum Gasteiger partial charge on any atom is -0.355 e. The fourth-order valence-corrected chi connectivity index (χ4v) is 2.75. The number of unbranched alkanes of at least 4 members (excludes halogenated alkanes) is 2. The summed E-state index contributed by atoms with van der Waals surface area (Å²) in [7, 11) is -3.48. The van der Waals surface area contributed by atoms with Crippen LogP contribution in [0.3, 0.4) is 0 Å². The molecule has 1 rings (SSSR count). The van der Waals surface area contributed by atoms with E-state index in [9.17, 15) is 13.2 Å². The number of nitrogens with one attached hydrogen (secondary N) is 2. The van der Waals surface area contributed by atoms with E-state index >= 15 is 0 Å². The number of hydrogen-bond donors (Lipinski definition) is 2. The van der Waals surface area contributed by atoms with Crippen LogP contribution in [0.4, 0.5) is 0 Å². The van der Waals surface area contributed by atoms with Crippen molar-refractivity contribution < 1.29 is 13.2 Å². The number of hydrogen-bond acceptors (Lipinski definition) is 3. The number of benzene rings is 1. The molecule has 0 unspecified atom stereocenters. The van der Waals surface area contributed by atoms with Gasteiger partial charge in [0.25, 0.3) is 0 Å². The quantitative estimate of drug-likeness (QED) is 0.681. The standard InChI is InChI=1S/C14H22N2O3S/c1-2-3-5-10-14(17)15-11-12-16-20(18,19)13-8-6-4-7-9-13/h4,6-9,16H,2-3,5,10-12H2,1H3,(H,15,17). The minimum atomic E-state index is -3.48. The van der Waals surface area contributed by atoms with Gasteiger partial charge in [-0.05, 0) is 18.6 Å². The molecular formula is C14H22N2O3S. The predicted octanol–water partition coefficient (Wildman–Crippen LogP) is 1.66. The van der Waals surface area contributed by atoms with Gasteiger partial charge in [0.15, 0.2) is 0 Å². The zero-order valence-electron chi connectivity index (χ0n) is 11.8. The van der Waals surface area contributed by atoms with Crippen LogP contribution in [0.5, 0.6) is 0 Å². The van der Waals surface area contributed by atoms with Crippen molar-refractivity contribution in [1.82, 2.24) is 10.0 Å². The third-order valence-electron chi connectivity index (χ3n) is 2.80. The molecule has 0 saturated carbocycles. The highest BCUT2D eigenvalue weighted by atomic mass is 32.2. The first-order valence-corrected chi connectivity index (χ1v) is 8.36. The lowest BCUT2D eigenvalue weighted by Crippen LogP contribution is -2.34. The lowest BCUT2D eigenvalue weighted by atomic mass is 10.2. The normalized spacial score (nSPS) is 11.2. The largest absolute Gasteiger partial charge is 0.355 e. The Labute approximate surface area is 120 Å². The zero-order chi connectivity index (χ0) is 14.8. The van der Waals surface area contributed by atoms with Gasteiger partial charge in [0, 0.05) is 19.5 Å². The Kier molecular flexibility index (Phi) is 7.25. The number of carbonyl (C=O) groups is 1. The van der Waals surface area contributed by atoms with Crippen molar-refractivity contribution in [3.63, 3.8) is 0 Å². The molecule has 1 aromatic rings. The highest BCUT2D eigenvalue weighted by Crippen LogP contribution is 2.06. The van der Waals surface area contributed by atoms with Crippen LogP contribution in [0.1, 0.15) is 32.6 Å². The third-order valence-corrected chi connectivity index (χ3v) is 4.28. The number of sulfonamides is 1. The monoisotopic (exact) mass is 298 g/mol. The predicted molar refractivity (Wildman–Crippen MR) is 78.8 cm³/mol. The second kappa shape index (κ2) is 8.71. The highest BCUT2D eigenvalue weighted by Gasteiger charge is 2.12. The van der Waals surface area contributed by atoms with E-state index < -0.39 is 10.0 Å². The molecular weight excluding hydrogens is 276 g/mol. The molecule has 1 aromatic carbocycles. The van der Waals surface area contributed by atoms with Gasteiger partial charge < -0.3 is 5.32 Å². The van der Waals surface area contributed by atoms with Gasteiger partial charge >= 0.3 is 0 Å². The Bertz CT molecular complexity index is 500. The lowest BCUT2D eigenvalue weighted by Gasteiger charge is -2.08. The molecule has 0 aromatic heterocycles. The molecule has 20 heavy (non-hydrogen) atoms. The fourth-order valence-electron chi connectivity index (χ4n) is 1.69. The summed E-state index contributed by atoms with van der Waals surface area (Å²) in [5.41, 5.74) is 0. The number of rotatable bonds is 9. The molecule has 0 fully saturated rings. The van der Waals surface area contributed by atoms with E-state index in [4.69, 9.17) is 0 Å². The first-order valence-electron chi connectivity index (χ1n) is 6.87. The van der Waals surface area contributed by atoms with Crippen LogP contribution in [0, 0.1) is 0 Å². The molecule has 0 spiro atoms. The second-order valence-corrected chi connectivity index (χ2v) is 6.28. The fraction of sp³-hybridized carbons (Fsp3) is 0.500. The topological polar surface area (TPSA) is 75.3 Å². The summed E-state index contributed by atoms with van der Waals surface area (Å²) in [5, 5.41) is 2.70. The molecule has 6 heteroatoms. The van der Waals surface area contributed by atoms with Crippen molar-refractivity contribution >= 4 is 15.9 Å². The molecule has 2 N–H and O–H groups in total. The Morgan fingerprint density at radius 1 is 1.10 bits per heavy atom. The van der Waals surface area contributed by atoms with Gasteiger partial charge in [0.1, 0.15) is 0 Å². The Morgan fingerprint density at radius 2 is 1.80 bits per heavy atom. The van der Waals surface area contributed by atoms with Gasteiger partial charge in [-0.25, -0.2) is 13.1 Å². The summed E-state index contributed by atoms with van der Waals surface area (Å²) in [6.45, 7) is 2.57. The van der Waals surface area contributed by atoms with E-state index in [-0.39, 0.29) is 17.3 Å². The molecule has 5 nitrogen and oxygen atoms in total. The van der Waals surface area contributed by atoms with Crippen LogP contribution in [0.25, 0.3) is 0 Å². The minimum absolute atomic E-state index is 0.0302. The average molecular weight is 298 g/mol. The Hall–Kier alpha value is -1.40. The molecule has 0 bridgehead atoms. The van der Waals surface area contributed by atoms with E-state index in [0.29, 0.717) is 13.0 Å². The van der Waals surface area contributed by atoms with Crippen molar-refractivity contribution in [3.05, 3.63) is 30.3 Å². The zero-order valence-corrected chi connectivity index (χ0v) is 12.6. The summed E-state index contributed by atoms with van der Waals surface area (Å²) < 4.78 is 26.2. The molecule has 0 aliphatic heterocycles. The summed E-state index contributed by atoms with van der Waals surface area (Å²) in [5.74, 6) is -0.0302. The molecule has 0 aliphatic rings. The first kappa shape index (κ1) is 16.7. The maximum Gasteiger partial charge on any atom is 0.240 e. The summed E-state index contributed by atoms with van der Waals surface area (Å²) >= 11 is 0. The summed E-state index contributed by atoms with van der Waals surface area (Å²) in [4.78, 5) is 11.7. The smallest absolute Gasteiger partial charge is 0.240 e. The third kappa shape index (κ3) is 6.16. The van der Waals surface area contributed by atoms with Crippen LogP contribution in [-0.2, 0) is 14.8 Å². The summed E-state index contributed by atoms with van der Waals surface area (Å²) in [6, 6.07) is 8.17. The number of amides is 1. The van der Waals surface area contributed by atoms with E-state index in [1.54, 1.807) is 18.2 Å². The van der Waals surface area contributed by atoms with Crippen molar-refractivity contribution in [3.8, 4) is 0 Å². The van der Waals surface area contributed by atoms with Crippen LogP contribution >= 0.6 is 0 Å². The molecule has 0 atom stereocenters. The van der Waals surface area contributed by atoms with Gasteiger partial charge in [-0.15, -0.1) is 0 Å². The van der Waals surface area contributed by atoms with Crippen molar-refractivity contribution in [2.75, 3.05) is 13.1 Å². The van der Waals surface area contributed by atoms with Crippen LogP contribution in [0.2, 0.25) is 0 Å². The number of carbonyl (C=O) groups excluding carboxylic acids is 1. The lowest BCUT2D eigenvalue weighted by molar-refractivity contribution is -0.121. The van der Waals surface area contributed by atoms with Crippen LogP contribution < -0.4 is 10.0 Å². The van der Waals surface area contributed by atoms with Crippen molar-refractivity contribution in [1.29, 1.82) is 0 Å². The van der Waals surface area contributed by atoms with Gasteiger partial charge in [-0.3, -0.25) is 4.79 Å². The molecule has 0 aliphatic carbocycles. The molecule has 1 amide bonds. The molecule has 0 radical (unpaired) electrons. The Balaban J connectivity index is 2.26. The maximum absolute atomic E-state index is 11.9. The van der Waals surface area contributed by atoms with E-state index in [1.165, 1.54) is 12.1 Å². The maximum atomic E-state index is 11.9. The van der Waals surface area contributed by atoms with Crippen molar-refractivity contribution in [2.45, 2.75) is 37.5 Å². The Morgan fingerprint density at radius 3 is 2.45 bits per heavy atom.